The van der Waals surface area contributed by atoms with E-state index in [2.05, 4.69) is 24.0 Å². The molecule has 0 saturated carbocycles. The number of benzene rings is 2. The third-order valence-electron chi connectivity index (χ3n) is 3.90. The van der Waals surface area contributed by atoms with Crippen molar-refractivity contribution in [2.75, 3.05) is 20.8 Å². The maximum absolute atomic E-state index is 5.76. The molecule has 26 heavy (non-hydrogen) atoms. The average molecular weight is 378 g/mol. The summed E-state index contributed by atoms with van der Waals surface area (Å²) < 4.78 is 16.7. The van der Waals surface area contributed by atoms with Crippen molar-refractivity contribution in [1.29, 1.82) is 0 Å². The molecule has 0 fully saturated rings. The zero-order chi connectivity index (χ0) is 18.1. The van der Waals surface area contributed by atoms with Gasteiger partial charge in [0.15, 0.2) is 11.5 Å². The summed E-state index contributed by atoms with van der Waals surface area (Å²) >= 11 is 0. The molecule has 0 aliphatic carbocycles. The highest BCUT2D eigenvalue weighted by Gasteiger charge is 2.12. The first-order chi connectivity index (χ1) is 12.2. The number of hydrogen-bond donors (Lipinski definition) is 1. The molecule has 0 amide bonds. The Bertz CT molecular complexity index is 704. The highest BCUT2D eigenvalue weighted by atomic mass is 35.5. The second-order valence-corrected chi connectivity index (χ2v) is 5.63. The Kier molecular flexibility index (Phi) is 9.63. The van der Waals surface area contributed by atoms with E-state index >= 15 is 0 Å². The zero-order valence-corrected chi connectivity index (χ0v) is 16.5. The molecule has 0 radical (unpaired) electrons. The van der Waals surface area contributed by atoms with Gasteiger partial charge in [-0.05, 0) is 31.0 Å². The molecule has 1 N–H and O–H groups in total. The van der Waals surface area contributed by atoms with E-state index in [1.807, 2.05) is 37.3 Å². The fraction of sp³-hybridized carbons (Fsp3) is 0.333. The van der Waals surface area contributed by atoms with Gasteiger partial charge in [-0.15, -0.1) is 19.0 Å². The van der Waals surface area contributed by atoms with Crippen molar-refractivity contribution in [3.63, 3.8) is 0 Å². The number of rotatable bonds is 10. The van der Waals surface area contributed by atoms with E-state index in [1.165, 1.54) is 0 Å². The molecule has 0 spiro atoms. The van der Waals surface area contributed by atoms with Crippen LogP contribution in [0.25, 0.3) is 0 Å². The van der Waals surface area contributed by atoms with E-state index in [-0.39, 0.29) is 12.4 Å². The lowest BCUT2D eigenvalue weighted by molar-refractivity contribution is 0.308. The van der Waals surface area contributed by atoms with Crippen LogP contribution >= 0.6 is 12.4 Å². The van der Waals surface area contributed by atoms with Crippen LogP contribution in [-0.2, 0) is 19.5 Å². The van der Waals surface area contributed by atoms with Crippen LogP contribution in [0.1, 0.15) is 23.6 Å². The number of hydrogen-bond acceptors (Lipinski definition) is 4. The molecule has 0 atom stereocenters. The maximum atomic E-state index is 5.76. The highest BCUT2D eigenvalue weighted by molar-refractivity contribution is 5.85. The minimum Gasteiger partial charge on any atom is -0.496 e. The molecular weight excluding hydrogens is 350 g/mol. The average Bonchev–Trinajstić information content (AvgIpc) is 2.64. The Morgan fingerprint density at radius 2 is 1.73 bits per heavy atom. The summed E-state index contributed by atoms with van der Waals surface area (Å²) in [6.07, 6.45) is 2.62. The van der Waals surface area contributed by atoms with Gasteiger partial charge in [0.2, 0.25) is 0 Å². The highest BCUT2D eigenvalue weighted by Crippen LogP contribution is 2.33. The van der Waals surface area contributed by atoms with Crippen molar-refractivity contribution in [2.24, 2.45) is 0 Å². The first-order valence-electron chi connectivity index (χ1n) is 8.49. The monoisotopic (exact) mass is 377 g/mol. The molecular formula is C21H28ClNO3. The second-order valence-electron chi connectivity index (χ2n) is 5.63. The van der Waals surface area contributed by atoms with Gasteiger partial charge in [0.1, 0.15) is 5.75 Å². The summed E-state index contributed by atoms with van der Waals surface area (Å²) in [6, 6.07) is 12.2. The number of ether oxygens (including phenoxy) is 3. The SMILES string of the molecule is C=CCc1cc(CNCc2ccccc2OC)cc(OC)c1OCC.Cl. The van der Waals surface area contributed by atoms with Crippen LogP contribution in [0.2, 0.25) is 0 Å². The minimum atomic E-state index is 0. The van der Waals surface area contributed by atoms with Crippen molar-refractivity contribution in [3.05, 3.63) is 65.7 Å². The van der Waals surface area contributed by atoms with E-state index in [9.17, 15) is 0 Å². The number of para-hydroxylation sites is 1. The van der Waals surface area contributed by atoms with Gasteiger partial charge in [-0.1, -0.05) is 30.3 Å². The minimum absolute atomic E-state index is 0. The first kappa shape index (κ1) is 21.9. The van der Waals surface area contributed by atoms with Gasteiger partial charge in [-0.25, -0.2) is 0 Å². The molecule has 2 aromatic carbocycles. The Morgan fingerprint density at radius 1 is 1.00 bits per heavy atom. The van der Waals surface area contributed by atoms with Crippen LogP contribution in [0.5, 0.6) is 17.2 Å². The first-order valence-corrected chi connectivity index (χ1v) is 8.49. The molecule has 0 unspecified atom stereocenters. The molecule has 0 heterocycles. The van der Waals surface area contributed by atoms with Crippen molar-refractivity contribution < 1.29 is 14.2 Å². The summed E-state index contributed by atoms with van der Waals surface area (Å²) in [5, 5.41) is 3.46. The van der Waals surface area contributed by atoms with Crippen LogP contribution < -0.4 is 19.5 Å². The fourth-order valence-electron chi connectivity index (χ4n) is 2.78. The molecule has 4 nitrogen and oxygen atoms in total. The predicted molar refractivity (Wildman–Crippen MR) is 109 cm³/mol. The molecule has 2 aromatic rings. The van der Waals surface area contributed by atoms with Crippen molar-refractivity contribution in [1.82, 2.24) is 5.32 Å². The Morgan fingerprint density at radius 3 is 2.38 bits per heavy atom. The van der Waals surface area contributed by atoms with Crippen LogP contribution in [-0.4, -0.2) is 20.8 Å². The maximum Gasteiger partial charge on any atom is 0.164 e. The van der Waals surface area contributed by atoms with Gasteiger partial charge < -0.3 is 19.5 Å². The standard InChI is InChI=1S/C21H27NO3.ClH/c1-5-9-17-12-16(13-20(24-4)21(17)25-6-2)14-22-15-18-10-7-8-11-19(18)23-3;/h5,7-8,10-13,22H,1,6,9,14-15H2,2-4H3;1H. The van der Waals surface area contributed by atoms with Crippen molar-refractivity contribution >= 4 is 12.4 Å². The molecule has 142 valence electrons. The second kappa shape index (κ2) is 11.4. The van der Waals surface area contributed by atoms with E-state index in [1.54, 1.807) is 14.2 Å². The molecule has 0 aliphatic heterocycles. The number of halogens is 1. The van der Waals surface area contributed by atoms with E-state index in [0.717, 1.165) is 53.4 Å². The van der Waals surface area contributed by atoms with Crippen molar-refractivity contribution in [2.45, 2.75) is 26.4 Å². The molecule has 0 saturated heterocycles. The Balaban J connectivity index is 0.00000338. The molecule has 0 bridgehead atoms. The third-order valence-corrected chi connectivity index (χ3v) is 3.90. The Labute approximate surface area is 162 Å². The lowest BCUT2D eigenvalue weighted by Gasteiger charge is -2.16. The molecule has 0 aromatic heterocycles. The molecule has 5 heteroatoms. The van der Waals surface area contributed by atoms with E-state index in [4.69, 9.17) is 14.2 Å². The smallest absolute Gasteiger partial charge is 0.164 e. The van der Waals surface area contributed by atoms with Gasteiger partial charge in [0.05, 0.1) is 20.8 Å². The lowest BCUT2D eigenvalue weighted by Crippen LogP contribution is -2.14. The third kappa shape index (κ3) is 5.68. The fourth-order valence-corrected chi connectivity index (χ4v) is 2.78. The quantitative estimate of drug-likeness (QED) is 0.617. The molecule has 2 rings (SSSR count). The van der Waals surface area contributed by atoms with Crippen LogP contribution in [0.15, 0.2) is 49.1 Å². The summed E-state index contributed by atoms with van der Waals surface area (Å²) in [6.45, 7) is 7.87. The number of allylic oxidation sites excluding steroid dienone is 1. The van der Waals surface area contributed by atoms with Gasteiger partial charge >= 0.3 is 0 Å². The Hall–Kier alpha value is -2.17. The predicted octanol–water partition coefficient (Wildman–Crippen LogP) is 4.54. The summed E-state index contributed by atoms with van der Waals surface area (Å²) in [4.78, 5) is 0. The lowest BCUT2D eigenvalue weighted by atomic mass is 10.1. The number of methoxy groups -OCH3 is 2. The van der Waals surface area contributed by atoms with Gasteiger partial charge in [-0.3, -0.25) is 0 Å². The summed E-state index contributed by atoms with van der Waals surface area (Å²) in [5.74, 6) is 2.46. The van der Waals surface area contributed by atoms with Gasteiger partial charge in [0, 0.05) is 24.2 Å². The van der Waals surface area contributed by atoms with Crippen LogP contribution in [0.4, 0.5) is 0 Å². The van der Waals surface area contributed by atoms with Gasteiger partial charge in [0.25, 0.3) is 0 Å². The van der Waals surface area contributed by atoms with Crippen LogP contribution in [0.3, 0.4) is 0 Å². The zero-order valence-electron chi connectivity index (χ0n) is 15.7. The van der Waals surface area contributed by atoms with Gasteiger partial charge in [-0.2, -0.15) is 0 Å². The molecule has 0 aliphatic rings. The number of nitrogens with one attached hydrogen (secondary N) is 1. The van der Waals surface area contributed by atoms with E-state index < -0.39 is 0 Å². The van der Waals surface area contributed by atoms with Crippen molar-refractivity contribution in [3.8, 4) is 17.2 Å². The van der Waals surface area contributed by atoms with Crippen LogP contribution in [0, 0.1) is 0 Å². The normalized spacial score (nSPS) is 9.96. The summed E-state index contributed by atoms with van der Waals surface area (Å²) in [7, 11) is 3.36. The van der Waals surface area contributed by atoms with E-state index in [0.29, 0.717) is 6.61 Å². The summed E-state index contributed by atoms with van der Waals surface area (Å²) in [5.41, 5.74) is 3.37. The topological polar surface area (TPSA) is 39.7 Å². The largest absolute Gasteiger partial charge is 0.496 e.